The maximum atomic E-state index is 13.0. The van der Waals surface area contributed by atoms with E-state index in [1.165, 1.54) is 36.4 Å². The molecule has 0 saturated heterocycles. The molecule has 2 aliphatic heterocycles. The fraction of sp³-hybridized carbons (Fsp3) is 0.0455. The highest BCUT2D eigenvalue weighted by Crippen LogP contribution is 2.32. The Kier molecular flexibility index (Phi) is 9.56. The lowest BCUT2D eigenvalue weighted by Crippen LogP contribution is -2.29. The van der Waals surface area contributed by atoms with E-state index < -0.39 is 35.6 Å². The van der Waals surface area contributed by atoms with E-state index in [0.29, 0.717) is 44.8 Å². The van der Waals surface area contributed by atoms with Crippen molar-refractivity contribution in [2.75, 3.05) is 9.80 Å². The van der Waals surface area contributed by atoms with Crippen LogP contribution in [0, 0.1) is 0 Å². The lowest BCUT2D eigenvalue weighted by Gasteiger charge is -2.14. The summed E-state index contributed by atoms with van der Waals surface area (Å²) in [6.45, 7) is -0.361. The van der Waals surface area contributed by atoms with Gasteiger partial charge in [0.15, 0.2) is 0 Å². The highest BCUT2D eigenvalue weighted by molar-refractivity contribution is 6.35. The van der Waals surface area contributed by atoms with Crippen molar-refractivity contribution in [3.05, 3.63) is 178 Å². The Labute approximate surface area is 328 Å². The Balaban J connectivity index is 0.872. The molecule has 6 aromatic rings. The summed E-state index contributed by atoms with van der Waals surface area (Å²) in [6, 6.07) is 33.7. The first-order valence-electron chi connectivity index (χ1n) is 17.6. The number of hydrogen-bond donors (Lipinski definition) is 2. The Morgan fingerprint density at radius 2 is 0.793 bits per heavy atom. The molecule has 0 unspecified atom stereocenters. The van der Waals surface area contributed by atoms with Crippen molar-refractivity contribution in [1.29, 1.82) is 0 Å². The molecule has 2 aliphatic rings. The summed E-state index contributed by atoms with van der Waals surface area (Å²) in [6.07, 6.45) is 0. The number of esters is 2. The SMILES string of the molecule is O=C(OCc1ccc(N2C(=O)c3ccccc3C2=O)cc1)c1cc(N=Nc2ccc(O)c(C(=O)OCc3ccc(N4C(=O)c5ccccc5C4=O)cc3)c2)ccc1O. The van der Waals surface area contributed by atoms with Crippen molar-refractivity contribution >= 4 is 58.3 Å². The summed E-state index contributed by atoms with van der Waals surface area (Å²) >= 11 is 0. The van der Waals surface area contributed by atoms with Crippen LogP contribution in [0.15, 0.2) is 144 Å². The van der Waals surface area contributed by atoms with Gasteiger partial charge in [0.2, 0.25) is 0 Å². The number of carbonyl (C=O) groups is 6. The Morgan fingerprint density at radius 3 is 1.12 bits per heavy atom. The van der Waals surface area contributed by atoms with Gasteiger partial charge >= 0.3 is 11.9 Å². The van der Waals surface area contributed by atoms with Crippen molar-refractivity contribution < 1.29 is 48.5 Å². The first-order chi connectivity index (χ1) is 28.1. The molecule has 0 aliphatic carbocycles. The predicted molar refractivity (Wildman–Crippen MR) is 207 cm³/mol. The number of phenolic OH excluding ortho intramolecular Hbond substituents is 2. The van der Waals surface area contributed by atoms with Crippen LogP contribution in [-0.2, 0) is 22.7 Å². The Morgan fingerprint density at radius 1 is 0.466 bits per heavy atom. The van der Waals surface area contributed by atoms with Crippen molar-refractivity contribution in [3.8, 4) is 11.5 Å². The van der Waals surface area contributed by atoms with Gasteiger partial charge in [0, 0.05) is 0 Å². The number of azo groups is 1. The molecule has 14 heteroatoms. The largest absolute Gasteiger partial charge is 0.507 e. The first kappa shape index (κ1) is 36.7. The number of aromatic hydroxyl groups is 2. The van der Waals surface area contributed by atoms with E-state index in [1.807, 2.05) is 0 Å². The molecule has 0 saturated carbocycles. The van der Waals surface area contributed by atoms with Gasteiger partial charge in [-0.2, -0.15) is 10.2 Å². The van der Waals surface area contributed by atoms with Gasteiger partial charge < -0.3 is 19.7 Å². The highest BCUT2D eigenvalue weighted by Gasteiger charge is 2.37. The summed E-state index contributed by atoms with van der Waals surface area (Å²) < 4.78 is 10.8. The Bertz CT molecular complexity index is 2470. The molecule has 8 rings (SSSR count). The average Bonchev–Trinajstić information content (AvgIpc) is 3.66. The quantitative estimate of drug-likeness (QED) is 0.0788. The summed E-state index contributed by atoms with van der Waals surface area (Å²) in [4.78, 5) is 79.3. The minimum absolute atomic E-state index is 0.164. The maximum Gasteiger partial charge on any atom is 0.342 e. The monoisotopic (exact) mass is 772 g/mol. The van der Waals surface area contributed by atoms with E-state index in [9.17, 15) is 39.0 Å². The van der Waals surface area contributed by atoms with Crippen molar-refractivity contribution in [2.45, 2.75) is 13.2 Å². The maximum absolute atomic E-state index is 13.0. The number of anilines is 2. The zero-order valence-corrected chi connectivity index (χ0v) is 30.1. The number of phenols is 2. The molecule has 6 aromatic carbocycles. The smallest absolute Gasteiger partial charge is 0.342 e. The van der Waals surface area contributed by atoms with Crippen molar-refractivity contribution in [1.82, 2.24) is 0 Å². The average molecular weight is 773 g/mol. The zero-order chi connectivity index (χ0) is 40.5. The number of rotatable bonds is 10. The van der Waals surface area contributed by atoms with Crippen LogP contribution in [0.1, 0.15) is 73.3 Å². The van der Waals surface area contributed by atoms with Crippen LogP contribution in [-0.4, -0.2) is 45.8 Å². The van der Waals surface area contributed by atoms with Gasteiger partial charge in [0.1, 0.15) is 35.8 Å². The number of amides is 4. The molecular formula is C44H28N4O10. The minimum Gasteiger partial charge on any atom is -0.507 e. The van der Waals surface area contributed by atoms with E-state index in [2.05, 4.69) is 10.2 Å². The standard InChI is InChI=1S/C44H28N4O10/c49-37-19-13-27(21-35(37)43(55)57-23-25-9-15-29(16-10-25)47-39(51)31-5-1-2-6-32(31)40(47)52)45-46-28-14-20-38(50)36(22-28)44(56)58-24-26-11-17-30(18-12-26)48-41(53)33-7-3-4-8-34(33)42(48)54/h1-22,49-50H,23-24H2. The number of hydrogen-bond acceptors (Lipinski definition) is 12. The molecule has 2 heterocycles. The van der Waals surface area contributed by atoms with Crippen LogP contribution in [0.2, 0.25) is 0 Å². The minimum atomic E-state index is -0.855. The lowest BCUT2D eigenvalue weighted by molar-refractivity contribution is 0.0460. The molecule has 0 aromatic heterocycles. The van der Waals surface area contributed by atoms with E-state index in [4.69, 9.17) is 9.47 Å². The number of nitrogens with zero attached hydrogens (tertiary/aromatic N) is 4. The van der Waals surface area contributed by atoms with Gasteiger partial charge in [-0.25, -0.2) is 19.4 Å². The molecule has 0 fully saturated rings. The first-order valence-corrected chi connectivity index (χ1v) is 17.6. The summed E-state index contributed by atoms with van der Waals surface area (Å²) in [5.74, 6) is -4.15. The van der Waals surface area contributed by atoms with E-state index in [0.717, 1.165) is 9.80 Å². The molecule has 14 nitrogen and oxygen atoms in total. The second-order valence-electron chi connectivity index (χ2n) is 13.1. The molecule has 0 bridgehead atoms. The Hall–Kier alpha value is -8.26. The van der Waals surface area contributed by atoms with Gasteiger partial charge in [-0.3, -0.25) is 19.2 Å². The van der Waals surface area contributed by atoms with Gasteiger partial charge in [-0.05, 0) is 96.1 Å². The van der Waals surface area contributed by atoms with Crippen LogP contribution in [0.5, 0.6) is 11.5 Å². The highest BCUT2D eigenvalue weighted by atomic mass is 16.5. The fourth-order valence-corrected chi connectivity index (χ4v) is 6.40. The van der Waals surface area contributed by atoms with Crippen molar-refractivity contribution in [3.63, 3.8) is 0 Å². The predicted octanol–water partition coefficient (Wildman–Crippen LogP) is 7.83. The van der Waals surface area contributed by atoms with Gasteiger partial charge in [0.25, 0.3) is 23.6 Å². The van der Waals surface area contributed by atoms with Gasteiger partial charge in [-0.1, -0.05) is 48.5 Å². The van der Waals surface area contributed by atoms with Crippen molar-refractivity contribution in [2.24, 2.45) is 10.2 Å². The number of fused-ring (bicyclic) bond motifs is 2. The molecule has 0 atom stereocenters. The summed E-state index contributed by atoms with van der Waals surface area (Å²) in [5.41, 5.74) is 3.08. The van der Waals surface area contributed by atoms with E-state index in [-0.39, 0.29) is 47.2 Å². The molecule has 58 heavy (non-hydrogen) atoms. The van der Waals surface area contributed by atoms with E-state index in [1.54, 1.807) is 97.1 Å². The summed E-state index contributed by atoms with van der Waals surface area (Å²) in [5, 5.41) is 29.0. The van der Waals surface area contributed by atoms with Gasteiger partial charge in [0.05, 0.1) is 45.0 Å². The normalized spacial score (nSPS) is 13.2. The topological polar surface area (TPSA) is 193 Å². The number of ether oxygens (including phenoxy) is 2. The van der Waals surface area contributed by atoms with Crippen LogP contribution in [0.25, 0.3) is 0 Å². The van der Waals surface area contributed by atoms with Crippen LogP contribution in [0.3, 0.4) is 0 Å². The number of carbonyl (C=O) groups excluding carboxylic acids is 6. The van der Waals surface area contributed by atoms with Crippen LogP contribution < -0.4 is 9.80 Å². The zero-order valence-electron chi connectivity index (χ0n) is 30.1. The third-order valence-corrected chi connectivity index (χ3v) is 9.40. The molecule has 2 N–H and O–H groups in total. The number of imide groups is 2. The van der Waals surface area contributed by atoms with Gasteiger partial charge in [-0.15, -0.1) is 0 Å². The van der Waals surface area contributed by atoms with Crippen LogP contribution >= 0.6 is 0 Å². The molecule has 0 radical (unpaired) electrons. The summed E-state index contributed by atoms with van der Waals surface area (Å²) in [7, 11) is 0. The molecule has 284 valence electrons. The lowest BCUT2D eigenvalue weighted by atomic mass is 10.1. The molecule has 4 amide bonds. The second kappa shape index (κ2) is 15.1. The van der Waals surface area contributed by atoms with Crippen LogP contribution in [0.4, 0.5) is 22.7 Å². The molecule has 0 spiro atoms. The fourth-order valence-electron chi connectivity index (χ4n) is 6.40. The van der Waals surface area contributed by atoms with E-state index >= 15 is 0 Å². The molecular weight excluding hydrogens is 745 g/mol. The third kappa shape index (κ3) is 6.92. The third-order valence-electron chi connectivity index (χ3n) is 9.40. The number of benzene rings is 6. The second-order valence-corrected chi connectivity index (χ2v) is 13.1.